The summed E-state index contributed by atoms with van der Waals surface area (Å²) >= 11 is 0. The maximum atomic E-state index is 12.5. The predicted octanol–water partition coefficient (Wildman–Crippen LogP) is 2.23. The van der Waals surface area contributed by atoms with Gasteiger partial charge in [0.05, 0.1) is 4.90 Å². The van der Waals surface area contributed by atoms with Crippen LogP contribution in [0.4, 0.5) is 13.2 Å². The van der Waals surface area contributed by atoms with Gasteiger partial charge in [0.15, 0.2) is 5.96 Å². The molecule has 0 amide bonds. The molecule has 0 radical (unpaired) electrons. The number of nitrogens with zero attached hydrogens (tertiary/aromatic N) is 1. The van der Waals surface area contributed by atoms with Crippen molar-refractivity contribution in [3.63, 3.8) is 0 Å². The third-order valence-corrected chi connectivity index (χ3v) is 5.11. The van der Waals surface area contributed by atoms with E-state index in [1.54, 1.807) is 24.3 Å². The number of halogens is 3. The van der Waals surface area contributed by atoms with Crippen LogP contribution in [0.2, 0.25) is 0 Å². The molecule has 29 heavy (non-hydrogen) atoms. The minimum atomic E-state index is -4.79. The van der Waals surface area contributed by atoms with Gasteiger partial charge < -0.3 is 15.4 Å². The highest BCUT2D eigenvalue weighted by Gasteiger charge is 2.31. The lowest BCUT2D eigenvalue weighted by atomic mass is 10.2. The quantitative estimate of drug-likeness (QED) is 0.339. The van der Waals surface area contributed by atoms with Crippen LogP contribution in [0.5, 0.6) is 5.75 Å². The van der Waals surface area contributed by atoms with Crippen LogP contribution in [-0.4, -0.2) is 40.9 Å². The molecule has 0 saturated heterocycles. The second-order valence-electron chi connectivity index (χ2n) is 5.72. The predicted molar refractivity (Wildman–Crippen MR) is 103 cm³/mol. The Morgan fingerprint density at radius 1 is 1.00 bits per heavy atom. The van der Waals surface area contributed by atoms with Crippen LogP contribution in [0, 0.1) is 0 Å². The van der Waals surface area contributed by atoms with Gasteiger partial charge in [-0.05, 0) is 18.2 Å². The molecular formula is C18H21F3N4O3S. The van der Waals surface area contributed by atoms with Crippen LogP contribution >= 0.6 is 0 Å². The van der Waals surface area contributed by atoms with Crippen molar-refractivity contribution in [2.45, 2.75) is 17.8 Å². The van der Waals surface area contributed by atoms with E-state index in [1.165, 1.54) is 37.4 Å². The van der Waals surface area contributed by atoms with Crippen molar-refractivity contribution in [3.8, 4) is 5.75 Å². The number of aliphatic imine (C=N–C) groups is 1. The standard InChI is InChI=1S/C18H21F3N4O3S/c1-22-17(23-11-12-25-29(26,27)15-8-3-2-4-9-15)24-13-14-7-5-6-10-16(14)28-18(19,20)21/h2-10,25H,11-13H2,1H3,(H2,22,23,24). The summed E-state index contributed by atoms with van der Waals surface area (Å²) < 4.78 is 68.1. The summed E-state index contributed by atoms with van der Waals surface area (Å²) in [5.74, 6) is -0.00991. The van der Waals surface area contributed by atoms with Crippen molar-refractivity contribution in [1.82, 2.24) is 15.4 Å². The Kier molecular flexibility index (Phi) is 7.85. The van der Waals surface area contributed by atoms with Crippen LogP contribution in [0.3, 0.4) is 0 Å². The number of ether oxygens (including phenoxy) is 1. The number of benzene rings is 2. The van der Waals surface area contributed by atoms with Gasteiger partial charge in [-0.2, -0.15) is 0 Å². The van der Waals surface area contributed by atoms with Crippen molar-refractivity contribution in [3.05, 3.63) is 60.2 Å². The number of nitrogens with one attached hydrogen (secondary N) is 3. The first kappa shape index (κ1) is 22.5. The molecule has 7 nitrogen and oxygen atoms in total. The zero-order valence-corrected chi connectivity index (χ0v) is 16.3. The Bertz CT molecular complexity index is 919. The first-order valence-electron chi connectivity index (χ1n) is 8.54. The molecule has 2 rings (SSSR count). The van der Waals surface area contributed by atoms with Crippen LogP contribution in [0.1, 0.15) is 5.56 Å². The molecule has 3 N–H and O–H groups in total. The third-order valence-electron chi connectivity index (χ3n) is 3.63. The molecule has 0 aliphatic heterocycles. The average Bonchev–Trinajstić information content (AvgIpc) is 2.68. The summed E-state index contributed by atoms with van der Waals surface area (Å²) in [6, 6.07) is 13.7. The van der Waals surface area contributed by atoms with Crippen LogP contribution in [-0.2, 0) is 16.6 Å². The van der Waals surface area contributed by atoms with Gasteiger partial charge in [0, 0.05) is 32.2 Å². The van der Waals surface area contributed by atoms with E-state index in [4.69, 9.17) is 0 Å². The normalized spacial score (nSPS) is 12.5. The summed E-state index contributed by atoms with van der Waals surface area (Å²) in [5, 5.41) is 5.74. The summed E-state index contributed by atoms with van der Waals surface area (Å²) in [6.45, 7) is 0.333. The molecule has 0 aliphatic carbocycles. The highest BCUT2D eigenvalue weighted by molar-refractivity contribution is 7.89. The zero-order valence-electron chi connectivity index (χ0n) is 15.5. The lowest BCUT2D eigenvalue weighted by molar-refractivity contribution is -0.274. The monoisotopic (exact) mass is 430 g/mol. The van der Waals surface area contributed by atoms with Gasteiger partial charge in [0.1, 0.15) is 5.75 Å². The molecule has 2 aromatic carbocycles. The first-order valence-corrected chi connectivity index (χ1v) is 10.0. The highest BCUT2D eigenvalue weighted by atomic mass is 32.2. The van der Waals surface area contributed by atoms with E-state index in [2.05, 4.69) is 25.1 Å². The number of sulfonamides is 1. The molecule has 0 aliphatic rings. The maximum absolute atomic E-state index is 12.5. The first-order chi connectivity index (χ1) is 13.7. The fourth-order valence-electron chi connectivity index (χ4n) is 2.32. The van der Waals surface area contributed by atoms with Gasteiger partial charge in [-0.1, -0.05) is 36.4 Å². The molecule has 158 valence electrons. The summed E-state index contributed by atoms with van der Waals surface area (Å²) in [7, 11) is -2.13. The Morgan fingerprint density at radius 2 is 1.66 bits per heavy atom. The van der Waals surface area contributed by atoms with Crippen LogP contribution < -0.4 is 20.1 Å². The number of hydrogen-bond donors (Lipinski definition) is 3. The second kappa shape index (κ2) is 10.1. The second-order valence-corrected chi connectivity index (χ2v) is 7.49. The largest absolute Gasteiger partial charge is 0.573 e. The van der Waals surface area contributed by atoms with Crippen molar-refractivity contribution < 1.29 is 26.3 Å². The number of guanidine groups is 1. The summed E-state index contributed by atoms with van der Waals surface area (Å²) in [6.07, 6.45) is -4.79. The molecule has 0 atom stereocenters. The fourth-order valence-corrected chi connectivity index (χ4v) is 3.38. The van der Waals surface area contributed by atoms with Crippen molar-refractivity contribution in [2.24, 2.45) is 4.99 Å². The Labute approximate surface area is 167 Å². The number of para-hydroxylation sites is 1. The average molecular weight is 430 g/mol. The molecule has 0 unspecified atom stereocenters. The molecule has 11 heteroatoms. The highest BCUT2D eigenvalue weighted by Crippen LogP contribution is 2.25. The number of alkyl halides is 3. The fraction of sp³-hybridized carbons (Fsp3) is 0.278. The molecule has 0 fully saturated rings. The zero-order chi connectivity index (χ0) is 21.3. The van der Waals surface area contributed by atoms with Gasteiger partial charge in [-0.25, -0.2) is 13.1 Å². The van der Waals surface area contributed by atoms with E-state index >= 15 is 0 Å². The topological polar surface area (TPSA) is 91.8 Å². The van der Waals surface area contributed by atoms with Gasteiger partial charge in [0.25, 0.3) is 0 Å². The maximum Gasteiger partial charge on any atom is 0.573 e. The van der Waals surface area contributed by atoms with Crippen LogP contribution in [0.15, 0.2) is 64.5 Å². The van der Waals surface area contributed by atoms with Crippen LogP contribution in [0.25, 0.3) is 0 Å². The summed E-state index contributed by atoms with van der Waals surface area (Å²) in [5.41, 5.74) is 0.289. The minimum Gasteiger partial charge on any atom is -0.405 e. The van der Waals surface area contributed by atoms with Gasteiger partial charge >= 0.3 is 6.36 Å². The van der Waals surface area contributed by atoms with E-state index in [9.17, 15) is 21.6 Å². The molecule has 0 heterocycles. The van der Waals surface area contributed by atoms with Gasteiger partial charge in [-0.3, -0.25) is 4.99 Å². The Balaban J connectivity index is 1.83. The van der Waals surface area contributed by atoms with E-state index in [0.717, 1.165) is 0 Å². The summed E-state index contributed by atoms with van der Waals surface area (Å²) in [4.78, 5) is 4.11. The van der Waals surface area contributed by atoms with Gasteiger partial charge in [0.2, 0.25) is 10.0 Å². The molecule has 2 aromatic rings. The van der Waals surface area contributed by atoms with E-state index in [-0.39, 0.29) is 35.8 Å². The number of rotatable bonds is 8. The molecule has 0 aromatic heterocycles. The smallest absolute Gasteiger partial charge is 0.405 e. The number of hydrogen-bond acceptors (Lipinski definition) is 4. The lowest BCUT2D eigenvalue weighted by Crippen LogP contribution is -2.41. The molecule has 0 spiro atoms. The van der Waals surface area contributed by atoms with E-state index in [1.807, 2.05) is 0 Å². The lowest BCUT2D eigenvalue weighted by Gasteiger charge is -2.15. The van der Waals surface area contributed by atoms with Gasteiger partial charge in [-0.15, -0.1) is 13.2 Å². The Morgan fingerprint density at radius 3 is 2.31 bits per heavy atom. The van der Waals surface area contributed by atoms with Crippen molar-refractivity contribution in [1.29, 1.82) is 0 Å². The van der Waals surface area contributed by atoms with E-state index < -0.39 is 16.4 Å². The van der Waals surface area contributed by atoms with Crippen molar-refractivity contribution in [2.75, 3.05) is 20.1 Å². The third kappa shape index (κ3) is 7.62. The Hall–Kier alpha value is -2.79. The van der Waals surface area contributed by atoms with E-state index in [0.29, 0.717) is 5.96 Å². The van der Waals surface area contributed by atoms with Crippen molar-refractivity contribution >= 4 is 16.0 Å². The molecular weight excluding hydrogens is 409 g/mol. The minimum absolute atomic E-state index is 0.0294. The molecule has 0 saturated carbocycles. The SMILES string of the molecule is CN=C(NCCNS(=O)(=O)c1ccccc1)NCc1ccccc1OC(F)(F)F. The molecule has 0 bridgehead atoms.